The van der Waals surface area contributed by atoms with E-state index < -0.39 is 28.9 Å². The molecule has 3 nitrogen and oxygen atoms in total. The van der Waals surface area contributed by atoms with E-state index in [-0.39, 0.29) is 12.8 Å². The number of aliphatic hydroxyl groups excluding tert-OH is 1. The SMILES string of the molecule is CC1(O)CC(c2ccc(C(F)(F)F)cc2)(C(O)c2ccccn2)C1. The molecule has 6 heteroatoms. The number of benzene rings is 1. The van der Waals surface area contributed by atoms with E-state index in [2.05, 4.69) is 4.98 Å². The molecule has 1 unspecified atom stereocenters. The van der Waals surface area contributed by atoms with Gasteiger partial charge in [0, 0.05) is 11.6 Å². The van der Waals surface area contributed by atoms with Gasteiger partial charge in [-0.2, -0.15) is 13.2 Å². The Morgan fingerprint density at radius 1 is 1.08 bits per heavy atom. The maximum absolute atomic E-state index is 12.8. The molecule has 0 aliphatic heterocycles. The third-order valence-electron chi connectivity index (χ3n) is 4.67. The number of hydrogen-bond donors (Lipinski definition) is 2. The van der Waals surface area contributed by atoms with Crippen LogP contribution in [0.1, 0.15) is 42.7 Å². The van der Waals surface area contributed by atoms with Crippen LogP contribution in [0.2, 0.25) is 0 Å². The highest BCUT2D eigenvalue weighted by Crippen LogP contribution is 2.56. The standard InChI is InChI=1S/C18H18F3NO2/c1-16(24)10-17(11-16,15(23)14-4-2-3-9-22-14)12-5-7-13(8-6-12)18(19,20)21/h2-9,15,23-24H,10-11H2,1H3. The van der Waals surface area contributed by atoms with Gasteiger partial charge in [0.25, 0.3) is 0 Å². The molecule has 2 aromatic rings. The van der Waals surface area contributed by atoms with Crippen LogP contribution in [0.25, 0.3) is 0 Å². The molecule has 24 heavy (non-hydrogen) atoms. The number of alkyl halides is 3. The first-order valence-corrected chi connectivity index (χ1v) is 7.63. The Hall–Kier alpha value is -1.92. The molecule has 1 aromatic carbocycles. The van der Waals surface area contributed by atoms with Crippen LogP contribution in [0.5, 0.6) is 0 Å². The lowest BCUT2D eigenvalue weighted by Gasteiger charge is -2.54. The van der Waals surface area contributed by atoms with Gasteiger partial charge in [0.05, 0.1) is 16.9 Å². The Kier molecular flexibility index (Phi) is 3.92. The Balaban J connectivity index is 1.98. The molecule has 0 bridgehead atoms. The van der Waals surface area contributed by atoms with Crippen molar-refractivity contribution in [2.75, 3.05) is 0 Å². The normalized spacial score (nSPS) is 28.2. The van der Waals surface area contributed by atoms with Crippen LogP contribution in [0.15, 0.2) is 48.7 Å². The van der Waals surface area contributed by atoms with Gasteiger partial charge in [0.15, 0.2) is 0 Å². The maximum atomic E-state index is 12.8. The van der Waals surface area contributed by atoms with Crippen LogP contribution in [0, 0.1) is 0 Å². The highest BCUT2D eigenvalue weighted by atomic mass is 19.4. The van der Waals surface area contributed by atoms with Crippen molar-refractivity contribution in [1.29, 1.82) is 0 Å². The Morgan fingerprint density at radius 2 is 1.71 bits per heavy atom. The number of pyridine rings is 1. The number of halogens is 3. The second-order valence-electron chi connectivity index (χ2n) is 6.74. The van der Waals surface area contributed by atoms with E-state index in [9.17, 15) is 23.4 Å². The Labute approximate surface area is 137 Å². The lowest BCUT2D eigenvalue weighted by Crippen LogP contribution is -2.56. The van der Waals surface area contributed by atoms with Crippen molar-refractivity contribution in [2.24, 2.45) is 0 Å². The Bertz CT molecular complexity index is 703. The van der Waals surface area contributed by atoms with Gasteiger partial charge in [-0.25, -0.2) is 0 Å². The van der Waals surface area contributed by atoms with Crippen molar-refractivity contribution in [3.05, 3.63) is 65.5 Å². The summed E-state index contributed by atoms with van der Waals surface area (Å²) in [4.78, 5) is 4.15. The molecular formula is C18H18F3NO2. The summed E-state index contributed by atoms with van der Waals surface area (Å²) >= 11 is 0. The van der Waals surface area contributed by atoms with E-state index >= 15 is 0 Å². The minimum atomic E-state index is -4.41. The topological polar surface area (TPSA) is 53.4 Å². The molecule has 1 saturated carbocycles. The van der Waals surface area contributed by atoms with Crippen LogP contribution in [0.4, 0.5) is 13.2 Å². The van der Waals surface area contributed by atoms with Crippen molar-refractivity contribution in [1.82, 2.24) is 4.98 Å². The van der Waals surface area contributed by atoms with Crippen LogP contribution in [-0.4, -0.2) is 20.8 Å². The van der Waals surface area contributed by atoms with E-state index in [0.29, 0.717) is 11.3 Å². The van der Waals surface area contributed by atoms with E-state index in [1.165, 1.54) is 12.1 Å². The molecule has 1 aromatic heterocycles. The quantitative estimate of drug-likeness (QED) is 0.899. The van der Waals surface area contributed by atoms with Gasteiger partial charge in [-0.1, -0.05) is 18.2 Å². The zero-order valence-corrected chi connectivity index (χ0v) is 13.1. The molecule has 1 aliphatic carbocycles. The minimum Gasteiger partial charge on any atom is -0.390 e. The van der Waals surface area contributed by atoms with Crippen LogP contribution in [0.3, 0.4) is 0 Å². The summed E-state index contributed by atoms with van der Waals surface area (Å²) in [6.45, 7) is 1.65. The molecule has 1 atom stereocenters. The zero-order chi connectivity index (χ0) is 17.6. The summed E-state index contributed by atoms with van der Waals surface area (Å²) in [5.41, 5.74) is -1.53. The van der Waals surface area contributed by atoms with Crippen LogP contribution < -0.4 is 0 Å². The highest BCUT2D eigenvalue weighted by Gasteiger charge is 2.56. The number of rotatable bonds is 3. The van der Waals surface area contributed by atoms with Gasteiger partial charge >= 0.3 is 6.18 Å². The van der Waals surface area contributed by atoms with Gasteiger partial charge in [0.2, 0.25) is 0 Å². The summed E-state index contributed by atoms with van der Waals surface area (Å²) in [5, 5.41) is 21.0. The number of nitrogens with zero attached hydrogens (tertiary/aromatic N) is 1. The van der Waals surface area contributed by atoms with Crippen molar-refractivity contribution >= 4 is 0 Å². The number of aliphatic hydroxyl groups is 2. The van der Waals surface area contributed by atoms with Crippen molar-refractivity contribution in [3.8, 4) is 0 Å². The van der Waals surface area contributed by atoms with Crippen LogP contribution in [-0.2, 0) is 11.6 Å². The summed E-state index contributed by atoms with van der Waals surface area (Å²) < 4.78 is 38.3. The predicted octanol–water partition coefficient (Wildman–Crippen LogP) is 3.62. The molecule has 3 rings (SSSR count). The largest absolute Gasteiger partial charge is 0.416 e. The van der Waals surface area contributed by atoms with Gasteiger partial charge in [-0.3, -0.25) is 4.98 Å². The van der Waals surface area contributed by atoms with Gasteiger partial charge in [-0.05, 0) is 49.6 Å². The predicted molar refractivity (Wildman–Crippen MR) is 82.2 cm³/mol. The molecule has 1 fully saturated rings. The molecule has 0 saturated heterocycles. The highest BCUT2D eigenvalue weighted by molar-refractivity contribution is 5.37. The van der Waals surface area contributed by atoms with Gasteiger partial charge < -0.3 is 10.2 Å². The van der Waals surface area contributed by atoms with E-state index in [0.717, 1.165) is 12.1 Å². The van der Waals surface area contributed by atoms with Gasteiger partial charge in [-0.15, -0.1) is 0 Å². The monoisotopic (exact) mass is 337 g/mol. The molecule has 128 valence electrons. The fourth-order valence-corrected chi connectivity index (χ4v) is 3.67. The lowest BCUT2D eigenvalue weighted by atomic mass is 9.53. The van der Waals surface area contributed by atoms with Crippen molar-refractivity contribution in [3.63, 3.8) is 0 Å². The van der Waals surface area contributed by atoms with Gasteiger partial charge in [0.1, 0.15) is 6.10 Å². The van der Waals surface area contributed by atoms with Crippen LogP contribution >= 0.6 is 0 Å². The summed E-state index contributed by atoms with van der Waals surface area (Å²) in [5.74, 6) is 0. The molecular weight excluding hydrogens is 319 g/mol. The first kappa shape index (κ1) is 16.9. The average molecular weight is 337 g/mol. The van der Waals surface area contributed by atoms with E-state index in [4.69, 9.17) is 0 Å². The maximum Gasteiger partial charge on any atom is 0.416 e. The molecule has 1 heterocycles. The molecule has 1 aliphatic rings. The summed E-state index contributed by atoms with van der Waals surface area (Å²) in [7, 11) is 0. The number of aromatic nitrogens is 1. The molecule has 0 spiro atoms. The smallest absolute Gasteiger partial charge is 0.390 e. The van der Waals surface area contributed by atoms with E-state index in [1.54, 1.807) is 31.3 Å². The summed E-state index contributed by atoms with van der Waals surface area (Å²) in [6, 6.07) is 9.91. The third-order valence-corrected chi connectivity index (χ3v) is 4.67. The summed E-state index contributed by atoms with van der Waals surface area (Å²) in [6.07, 6.45) is -3.35. The van der Waals surface area contributed by atoms with Crippen molar-refractivity contribution in [2.45, 2.75) is 43.1 Å². The first-order chi connectivity index (χ1) is 11.1. The molecule has 0 radical (unpaired) electrons. The fraction of sp³-hybridized carbons (Fsp3) is 0.389. The first-order valence-electron chi connectivity index (χ1n) is 7.63. The Morgan fingerprint density at radius 3 is 2.17 bits per heavy atom. The molecule has 2 N–H and O–H groups in total. The zero-order valence-electron chi connectivity index (χ0n) is 13.1. The number of hydrogen-bond acceptors (Lipinski definition) is 3. The lowest BCUT2D eigenvalue weighted by molar-refractivity contribution is -0.138. The third kappa shape index (κ3) is 2.91. The van der Waals surface area contributed by atoms with E-state index in [1.807, 2.05) is 0 Å². The fourth-order valence-electron chi connectivity index (χ4n) is 3.67. The minimum absolute atomic E-state index is 0.253. The average Bonchev–Trinajstić information content (AvgIpc) is 2.51. The second kappa shape index (κ2) is 5.57. The molecule has 0 amide bonds. The second-order valence-corrected chi connectivity index (χ2v) is 6.74. The van der Waals surface area contributed by atoms with Crippen molar-refractivity contribution < 1.29 is 23.4 Å².